The van der Waals surface area contributed by atoms with Gasteiger partial charge in [-0.25, -0.2) is 0 Å². The molecule has 0 amide bonds. The zero-order valence-corrected chi connectivity index (χ0v) is 8.40. The summed E-state index contributed by atoms with van der Waals surface area (Å²) in [4.78, 5) is 0. The SMILES string of the molecule is N#Cc1ccc2c(c1)C1C=CCC1CN2. The fraction of sp³-hybridized carbons (Fsp3) is 0.308. The van der Waals surface area contributed by atoms with Crippen LogP contribution in [-0.4, -0.2) is 6.54 Å². The molecule has 1 aromatic carbocycles. The lowest BCUT2D eigenvalue weighted by molar-refractivity contribution is 0.522. The minimum atomic E-state index is 0.523. The lowest BCUT2D eigenvalue weighted by atomic mass is 9.84. The Bertz CT molecular complexity index is 468. The van der Waals surface area contributed by atoms with Crippen molar-refractivity contribution in [2.24, 2.45) is 5.92 Å². The second-order valence-corrected chi connectivity index (χ2v) is 4.24. The summed E-state index contributed by atoms with van der Waals surface area (Å²) in [6.45, 7) is 1.05. The molecule has 15 heavy (non-hydrogen) atoms. The van der Waals surface area contributed by atoms with Gasteiger partial charge in [0.15, 0.2) is 0 Å². The number of fused-ring (bicyclic) bond motifs is 3. The highest BCUT2D eigenvalue weighted by Crippen LogP contribution is 2.41. The average Bonchev–Trinajstić information content (AvgIpc) is 2.76. The Morgan fingerprint density at radius 1 is 1.40 bits per heavy atom. The van der Waals surface area contributed by atoms with Gasteiger partial charge in [0.2, 0.25) is 0 Å². The van der Waals surface area contributed by atoms with Crippen molar-refractivity contribution in [2.45, 2.75) is 12.3 Å². The Kier molecular flexibility index (Phi) is 1.78. The largest absolute Gasteiger partial charge is 0.384 e. The van der Waals surface area contributed by atoms with Crippen LogP contribution in [0.15, 0.2) is 30.4 Å². The van der Waals surface area contributed by atoms with Gasteiger partial charge in [-0.05, 0) is 36.1 Å². The molecule has 1 N–H and O–H groups in total. The number of hydrogen-bond acceptors (Lipinski definition) is 2. The summed E-state index contributed by atoms with van der Waals surface area (Å²) in [5.41, 5.74) is 3.25. The molecular formula is C13H12N2. The van der Waals surface area contributed by atoms with Gasteiger partial charge in [-0.15, -0.1) is 0 Å². The molecule has 0 aromatic heterocycles. The Hall–Kier alpha value is -1.75. The summed E-state index contributed by atoms with van der Waals surface area (Å²) >= 11 is 0. The van der Waals surface area contributed by atoms with Crippen molar-refractivity contribution < 1.29 is 0 Å². The summed E-state index contributed by atoms with van der Waals surface area (Å²) in [6.07, 6.45) is 5.70. The number of hydrogen-bond donors (Lipinski definition) is 1. The first-order valence-corrected chi connectivity index (χ1v) is 5.33. The molecule has 2 atom stereocenters. The molecule has 3 rings (SSSR count). The lowest BCUT2D eigenvalue weighted by Crippen LogP contribution is -2.24. The molecule has 0 saturated heterocycles. The predicted molar refractivity (Wildman–Crippen MR) is 59.6 cm³/mol. The molecule has 2 heteroatoms. The molecule has 2 unspecified atom stereocenters. The number of nitrogens with one attached hydrogen (secondary N) is 1. The van der Waals surface area contributed by atoms with Gasteiger partial charge in [-0.1, -0.05) is 12.2 Å². The van der Waals surface area contributed by atoms with Gasteiger partial charge in [0, 0.05) is 18.2 Å². The molecule has 1 heterocycles. The summed E-state index contributed by atoms with van der Waals surface area (Å²) in [6, 6.07) is 8.13. The Morgan fingerprint density at radius 2 is 2.33 bits per heavy atom. The summed E-state index contributed by atoms with van der Waals surface area (Å²) in [5, 5.41) is 12.3. The van der Waals surface area contributed by atoms with E-state index in [0.717, 1.165) is 18.5 Å². The van der Waals surface area contributed by atoms with E-state index in [0.29, 0.717) is 11.8 Å². The lowest BCUT2D eigenvalue weighted by Gasteiger charge is -2.29. The van der Waals surface area contributed by atoms with Crippen molar-refractivity contribution in [2.75, 3.05) is 11.9 Å². The van der Waals surface area contributed by atoms with E-state index in [2.05, 4.69) is 23.5 Å². The first kappa shape index (κ1) is 8.55. The van der Waals surface area contributed by atoms with Crippen molar-refractivity contribution in [1.29, 1.82) is 5.26 Å². The van der Waals surface area contributed by atoms with Gasteiger partial charge in [0.05, 0.1) is 11.6 Å². The molecule has 1 aliphatic heterocycles. The van der Waals surface area contributed by atoms with Crippen molar-refractivity contribution in [3.05, 3.63) is 41.5 Å². The summed E-state index contributed by atoms with van der Waals surface area (Å²) in [7, 11) is 0. The van der Waals surface area contributed by atoms with Crippen LogP contribution < -0.4 is 5.32 Å². The van der Waals surface area contributed by atoms with Crippen molar-refractivity contribution in [3.8, 4) is 6.07 Å². The maximum atomic E-state index is 8.89. The van der Waals surface area contributed by atoms with Gasteiger partial charge in [-0.3, -0.25) is 0 Å². The van der Waals surface area contributed by atoms with E-state index < -0.39 is 0 Å². The molecule has 0 fully saturated rings. The predicted octanol–water partition coefficient (Wildman–Crippen LogP) is 2.64. The maximum Gasteiger partial charge on any atom is 0.0991 e. The number of anilines is 1. The van der Waals surface area contributed by atoms with E-state index in [4.69, 9.17) is 5.26 Å². The zero-order valence-electron chi connectivity index (χ0n) is 8.40. The number of nitrogens with zero attached hydrogens (tertiary/aromatic N) is 1. The van der Waals surface area contributed by atoms with Crippen molar-refractivity contribution in [1.82, 2.24) is 0 Å². The van der Waals surface area contributed by atoms with Gasteiger partial charge in [0.1, 0.15) is 0 Å². The molecule has 2 nitrogen and oxygen atoms in total. The van der Waals surface area contributed by atoms with Crippen LogP contribution in [0.5, 0.6) is 0 Å². The Morgan fingerprint density at radius 3 is 3.20 bits per heavy atom. The second-order valence-electron chi connectivity index (χ2n) is 4.24. The third-order valence-corrected chi connectivity index (χ3v) is 3.38. The van der Waals surface area contributed by atoms with E-state index in [9.17, 15) is 0 Å². The van der Waals surface area contributed by atoms with E-state index in [1.807, 2.05) is 18.2 Å². The standard InChI is InChI=1S/C13H12N2/c14-7-9-4-5-13-12(6-9)11-3-1-2-10(11)8-15-13/h1,3-6,10-11,15H,2,8H2. The maximum absolute atomic E-state index is 8.89. The molecule has 74 valence electrons. The highest BCUT2D eigenvalue weighted by molar-refractivity contribution is 5.59. The van der Waals surface area contributed by atoms with Crippen LogP contribution in [0.4, 0.5) is 5.69 Å². The number of nitriles is 1. The van der Waals surface area contributed by atoms with Gasteiger partial charge < -0.3 is 5.32 Å². The smallest absolute Gasteiger partial charge is 0.0991 e. The van der Waals surface area contributed by atoms with Gasteiger partial charge in [0.25, 0.3) is 0 Å². The average molecular weight is 196 g/mol. The quantitative estimate of drug-likeness (QED) is 0.647. The fourth-order valence-corrected chi connectivity index (χ4v) is 2.58. The van der Waals surface area contributed by atoms with Crippen LogP contribution >= 0.6 is 0 Å². The van der Waals surface area contributed by atoms with E-state index in [1.54, 1.807) is 0 Å². The van der Waals surface area contributed by atoms with Crippen LogP contribution in [0.25, 0.3) is 0 Å². The Labute approximate surface area is 89.2 Å². The molecule has 0 radical (unpaired) electrons. The van der Waals surface area contributed by atoms with Crippen molar-refractivity contribution >= 4 is 5.69 Å². The van der Waals surface area contributed by atoms with E-state index in [1.165, 1.54) is 11.3 Å². The third kappa shape index (κ3) is 1.24. The van der Waals surface area contributed by atoms with Crippen molar-refractivity contribution in [3.63, 3.8) is 0 Å². The van der Waals surface area contributed by atoms with Crippen LogP contribution in [-0.2, 0) is 0 Å². The second kappa shape index (κ2) is 3.13. The van der Waals surface area contributed by atoms with Gasteiger partial charge >= 0.3 is 0 Å². The van der Waals surface area contributed by atoms with Crippen LogP contribution in [0.3, 0.4) is 0 Å². The minimum absolute atomic E-state index is 0.523. The molecular weight excluding hydrogens is 184 g/mol. The molecule has 0 saturated carbocycles. The number of rotatable bonds is 0. The molecule has 0 bridgehead atoms. The minimum Gasteiger partial charge on any atom is -0.384 e. The van der Waals surface area contributed by atoms with Crippen LogP contribution in [0, 0.1) is 17.2 Å². The third-order valence-electron chi connectivity index (χ3n) is 3.38. The highest BCUT2D eigenvalue weighted by Gasteiger charge is 2.29. The number of allylic oxidation sites excluding steroid dienone is 2. The first-order chi connectivity index (χ1) is 7.38. The highest BCUT2D eigenvalue weighted by atomic mass is 14.9. The van der Waals surface area contributed by atoms with Crippen LogP contribution in [0.2, 0.25) is 0 Å². The van der Waals surface area contributed by atoms with E-state index in [-0.39, 0.29) is 0 Å². The number of benzene rings is 1. The van der Waals surface area contributed by atoms with Gasteiger partial charge in [-0.2, -0.15) is 5.26 Å². The fourth-order valence-electron chi connectivity index (χ4n) is 2.58. The Balaban J connectivity index is 2.11. The van der Waals surface area contributed by atoms with Crippen LogP contribution in [0.1, 0.15) is 23.5 Å². The molecule has 1 aromatic rings. The van der Waals surface area contributed by atoms with E-state index >= 15 is 0 Å². The zero-order chi connectivity index (χ0) is 10.3. The molecule has 0 spiro atoms. The monoisotopic (exact) mass is 196 g/mol. The first-order valence-electron chi connectivity index (χ1n) is 5.33. The molecule has 2 aliphatic rings. The summed E-state index contributed by atoms with van der Waals surface area (Å²) in [5.74, 6) is 1.21. The summed E-state index contributed by atoms with van der Waals surface area (Å²) < 4.78 is 0. The topological polar surface area (TPSA) is 35.8 Å². The molecule has 1 aliphatic carbocycles. The normalized spacial score (nSPS) is 26.3.